The van der Waals surface area contributed by atoms with Gasteiger partial charge in [-0.3, -0.25) is 4.90 Å². The fourth-order valence-corrected chi connectivity index (χ4v) is 3.95. The van der Waals surface area contributed by atoms with Crippen LogP contribution in [0.4, 0.5) is 32.1 Å². The number of halogens is 2. The van der Waals surface area contributed by atoms with Crippen molar-refractivity contribution in [3.8, 4) is 6.01 Å². The zero-order valence-corrected chi connectivity index (χ0v) is 19.9. The van der Waals surface area contributed by atoms with Crippen molar-refractivity contribution in [1.29, 1.82) is 0 Å². The minimum atomic E-state index is -2.69. The Labute approximate surface area is 206 Å². The molecule has 0 saturated carbocycles. The third-order valence-electron chi connectivity index (χ3n) is 5.81. The van der Waals surface area contributed by atoms with E-state index in [1.165, 1.54) is 4.90 Å². The number of para-hydroxylation sites is 2. The molecule has 2 aromatic heterocycles. The molecule has 5 rings (SSSR count). The zero-order valence-electron chi connectivity index (χ0n) is 19.9. The Morgan fingerprint density at radius 1 is 1.11 bits per heavy atom. The van der Waals surface area contributed by atoms with Crippen molar-refractivity contribution >= 4 is 29.0 Å². The van der Waals surface area contributed by atoms with Gasteiger partial charge in [-0.2, -0.15) is 15.0 Å². The molecule has 1 atom stereocenters. The number of rotatable bonds is 7. The molecule has 12 heteroatoms. The van der Waals surface area contributed by atoms with Crippen LogP contribution in [0.15, 0.2) is 60.9 Å². The largest absolute Gasteiger partial charge is 0.429 e. The monoisotopic (exact) mass is 496 g/mol. The normalized spacial score (nSPS) is 18.4. The first-order valence-electron chi connectivity index (χ1n) is 11.5. The van der Waals surface area contributed by atoms with Gasteiger partial charge in [0, 0.05) is 31.2 Å². The summed E-state index contributed by atoms with van der Waals surface area (Å²) in [5, 5.41) is 2.86. The highest BCUT2D eigenvalue weighted by molar-refractivity contribution is 5.80. The quantitative estimate of drug-likeness (QED) is 0.386. The molecule has 2 aliphatic heterocycles. The van der Waals surface area contributed by atoms with Gasteiger partial charge >= 0.3 is 6.01 Å². The van der Waals surface area contributed by atoms with Crippen LogP contribution in [0.2, 0.25) is 0 Å². The maximum Gasteiger partial charge on any atom is 0.328 e. The molecule has 3 aromatic rings. The van der Waals surface area contributed by atoms with Crippen molar-refractivity contribution in [2.75, 3.05) is 41.4 Å². The molecule has 0 bridgehead atoms. The van der Waals surface area contributed by atoms with Gasteiger partial charge in [0.2, 0.25) is 11.9 Å². The average molecular weight is 497 g/mol. The molecule has 36 heavy (non-hydrogen) atoms. The highest BCUT2D eigenvalue weighted by Crippen LogP contribution is 2.40. The Balaban J connectivity index is 1.50. The number of alkyl halides is 2. The second-order valence-corrected chi connectivity index (χ2v) is 8.29. The number of benzene rings is 1. The molecular weight excluding hydrogens is 470 g/mol. The number of hydrogen-bond acceptors (Lipinski definition) is 9. The van der Waals surface area contributed by atoms with Gasteiger partial charge < -0.3 is 24.3 Å². The second-order valence-electron chi connectivity index (χ2n) is 8.29. The molecule has 0 amide bonds. The lowest BCUT2D eigenvalue weighted by Gasteiger charge is -2.29. The molecule has 2 aliphatic rings. The first-order valence-corrected chi connectivity index (χ1v) is 11.5. The first-order chi connectivity index (χ1) is 17.5. The SMILES string of the molecule is C/C(=C\C=C(/C)n1ccnc1)Oc1nc(N2CCOCC2)nc(N2c3ccccc3NC2C(F)F)n1. The summed E-state index contributed by atoms with van der Waals surface area (Å²) < 4.78 is 41.3. The van der Waals surface area contributed by atoms with Gasteiger partial charge in [-0.1, -0.05) is 12.1 Å². The van der Waals surface area contributed by atoms with E-state index in [9.17, 15) is 8.78 Å². The summed E-state index contributed by atoms with van der Waals surface area (Å²) >= 11 is 0. The van der Waals surface area contributed by atoms with Crippen molar-refractivity contribution in [2.24, 2.45) is 0 Å². The number of fused-ring (bicyclic) bond motifs is 1. The minimum Gasteiger partial charge on any atom is -0.429 e. The number of ether oxygens (including phenoxy) is 2. The molecule has 1 N–H and O–H groups in total. The third kappa shape index (κ3) is 4.98. The van der Waals surface area contributed by atoms with E-state index in [4.69, 9.17) is 9.47 Å². The topological polar surface area (TPSA) is 93.5 Å². The fourth-order valence-electron chi connectivity index (χ4n) is 3.95. The Morgan fingerprint density at radius 3 is 2.64 bits per heavy atom. The Kier molecular flexibility index (Phi) is 6.76. The molecule has 0 spiro atoms. The van der Waals surface area contributed by atoms with Crippen LogP contribution in [0.25, 0.3) is 5.70 Å². The molecule has 1 saturated heterocycles. The number of morpholine rings is 1. The van der Waals surface area contributed by atoms with Gasteiger partial charge in [-0.05, 0) is 38.1 Å². The average Bonchev–Trinajstić information content (AvgIpc) is 3.56. The predicted molar refractivity (Wildman–Crippen MR) is 131 cm³/mol. The van der Waals surface area contributed by atoms with Gasteiger partial charge in [0.25, 0.3) is 6.43 Å². The molecule has 1 unspecified atom stereocenters. The molecule has 0 aliphatic carbocycles. The standard InChI is InChI=1S/C24H26F2N8O2/c1-16(33-10-9-27-15-33)7-8-17(2)36-24-30-22(32-11-13-35-14-12-32)29-23(31-24)34-19-6-4-3-5-18(19)28-21(34)20(25)26/h3-10,15,20-21,28H,11-14H2,1-2H3/b16-7+,17-8+. The molecule has 1 fully saturated rings. The predicted octanol–water partition coefficient (Wildman–Crippen LogP) is 3.90. The number of nitrogens with one attached hydrogen (secondary N) is 1. The van der Waals surface area contributed by atoms with Crippen LogP contribution >= 0.6 is 0 Å². The summed E-state index contributed by atoms with van der Waals surface area (Å²) in [7, 11) is 0. The Bertz CT molecular complexity index is 1260. The van der Waals surface area contributed by atoms with Crippen LogP contribution in [0.3, 0.4) is 0 Å². The number of nitrogens with zero attached hydrogens (tertiary/aromatic N) is 7. The van der Waals surface area contributed by atoms with Crippen LogP contribution in [0.1, 0.15) is 13.8 Å². The number of allylic oxidation sites excluding steroid dienone is 4. The van der Waals surface area contributed by atoms with Gasteiger partial charge in [0.05, 0.1) is 30.9 Å². The van der Waals surface area contributed by atoms with E-state index >= 15 is 0 Å². The lowest BCUT2D eigenvalue weighted by molar-refractivity contribution is 0.122. The third-order valence-corrected chi connectivity index (χ3v) is 5.81. The van der Waals surface area contributed by atoms with Crippen LogP contribution in [-0.4, -0.2) is 63.4 Å². The van der Waals surface area contributed by atoms with E-state index in [0.29, 0.717) is 49.4 Å². The molecule has 4 heterocycles. The molecule has 10 nitrogen and oxygen atoms in total. The highest BCUT2D eigenvalue weighted by atomic mass is 19.3. The summed E-state index contributed by atoms with van der Waals surface area (Å²) in [5.41, 5.74) is 2.06. The van der Waals surface area contributed by atoms with E-state index in [2.05, 4.69) is 25.3 Å². The van der Waals surface area contributed by atoms with Gasteiger partial charge in [-0.15, -0.1) is 0 Å². The van der Waals surface area contributed by atoms with E-state index in [1.54, 1.807) is 49.8 Å². The smallest absolute Gasteiger partial charge is 0.328 e. The Hall–Kier alpha value is -4.06. The van der Waals surface area contributed by atoms with Crippen molar-refractivity contribution in [2.45, 2.75) is 26.4 Å². The lowest BCUT2D eigenvalue weighted by atomic mass is 10.3. The molecular formula is C24H26F2N8O2. The van der Waals surface area contributed by atoms with E-state index in [1.807, 2.05) is 28.7 Å². The summed E-state index contributed by atoms with van der Waals surface area (Å²) in [6.07, 6.45) is 4.86. The maximum absolute atomic E-state index is 14.0. The molecule has 1 aromatic carbocycles. The van der Waals surface area contributed by atoms with Gasteiger partial charge in [0.15, 0.2) is 6.17 Å². The summed E-state index contributed by atoms with van der Waals surface area (Å²) in [6, 6.07) is 7.07. The van der Waals surface area contributed by atoms with Crippen LogP contribution < -0.4 is 19.9 Å². The van der Waals surface area contributed by atoms with Crippen molar-refractivity contribution in [3.05, 3.63) is 60.9 Å². The first kappa shape index (κ1) is 23.7. The summed E-state index contributed by atoms with van der Waals surface area (Å²) in [6.45, 7) is 5.87. The van der Waals surface area contributed by atoms with Gasteiger partial charge in [-0.25, -0.2) is 13.8 Å². The zero-order chi connectivity index (χ0) is 25.1. The van der Waals surface area contributed by atoms with Crippen molar-refractivity contribution in [1.82, 2.24) is 24.5 Å². The molecule has 0 radical (unpaired) electrons. The van der Waals surface area contributed by atoms with Crippen molar-refractivity contribution in [3.63, 3.8) is 0 Å². The Morgan fingerprint density at radius 2 is 1.89 bits per heavy atom. The second kappa shape index (κ2) is 10.3. The summed E-state index contributed by atoms with van der Waals surface area (Å²) in [5.74, 6) is 0.931. The fraction of sp³-hybridized carbons (Fsp3) is 0.333. The summed E-state index contributed by atoms with van der Waals surface area (Å²) in [4.78, 5) is 20.8. The number of hydrogen-bond donors (Lipinski definition) is 1. The van der Waals surface area contributed by atoms with E-state index in [0.717, 1.165) is 5.70 Å². The lowest BCUT2D eigenvalue weighted by Crippen LogP contribution is -2.40. The molecule has 188 valence electrons. The number of aromatic nitrogens is 5. The van der Waals surface area contributed by atoms with Crippen molar-refractivity contribution < 1.29 is 18.3 Å². The van der Waals surface area contributed by atoms with E-state index < -0.39 is 12.6 Å². The van der Waals surface area contributed by atoms with Crippen LogP contribution in [0.5, 0.6) is 6.01 Å². The van der Waals surface area contributed by atoms with Gasteiger partial charge in [0.1, 0.15) is 5.76 Å². The van der Waals surface area contributed by atoms with Crippen LogP contribution in [-0.2, 0) is 4.74 Å². The van der Waals surface area contributed by atoms with Crippen LogP contribution in [0, 0.1) is 0 Å². The number of anilines is 4. The minimum absolute atomic E-state index is 0.0151. The maximum atomic E-state index is 14.0. The van der Waals surface area contributed by atoms with E-state index in [-0.39, 0.29) is 12.0 Å². The highest BCUT2D eigenvalue weighted by Gasteiger charge is 2.38. The number of imidazole rings is 1.